The summed E-state index contributed by atoms with van der Waals surface area (Å²) in [6.45, 7) is 3.22. The van der Waals surface area contributed by atoms with Crippen molar-refractivity contribution in [1.82, 2.24) is 34.9 Å². The van der Waals surface area contributed by atoms with E-state index in [0.29, 0.717) is 22.9 Å². The molecule has 0 radical (unpaired) electrons. The Hall–Kier alpha value is -4.11. The fraction of sp³-hybridized carbons (Fsp3) is 0.318. The van der Waals surface area contributed by atoms with Crippen LogP contribution in [0.5, 0.6) is 11.5 Å². The first-order chi connectivity index (χ1) is 17.7. The van der Waals surface area contributed by atoms with Crippen LogP contribution in [-0.2, 0) is 14.8 Å². The number of nitrogens with one attached hydrogen (secondary N) is 2. The molecule has 0 fully saturated rings. The van der Waals surface area contributed by atoms with Crippen molar-refractivity contribution in [1.29, 1.82) is 0 Å². The molecule has 0 unspecified atom stereocenters. The molecule has 13 nitrogen and oxygen atoms in total. The van der Waals surface area contributed by atoms with Gasteiger partial charge < -0.3 is 14.2 Å². The highest BCUT2D eigenvalue weighted by molar-refractivity contribution is 7.93. The van der Waals surface area contributed by atoms with Crippen LogP contribution in [0.2, 0.25) is 0 Å². The molecular formula is C22H25FN8O5S. The van der Waals surface area contributed by atoms with Gasteiger partial charge in [0, 0.05) is 12.8 Å². The summed E-state index contributed by atoms with van der Waals surface area (Å²) in [7, 11) is 0.0530. The van der Waals surface area contributed by atoms with Crippen molar-refractivity contribution in [2.45, 2.75) is 25.2 Å². The molecule has 3 aromatic heterocycles. The Balaban J connectivity index is 1.82. The Kier molecular flexibility index (Phi) is 7.35. The standard InChI is InChI=1S/C22H25FN8O5S/c1-12-9-15(27-26-12)21-28-29-22(31(21)18-16(34-3)7-6-8-17(18)35-4)30-37(32,33)13(2)19(36-5)20-24-10-14(23)11-25-20/h6-11,13,19H,1-5H3,(H,26,27)(H,29,30)/t13-,19-/m0/s1. The number of nitrogens with zero attached hydrogens (tertiary/aromatic N) is 6. The number of hydrogen-bond acceptors (Lipinski definition) is 10. The first-order valence-electron chi connectivity index (χ1n) is 10.9. The average Bonchev–Trinajstić information content (AvgIpc) is 3.50. The Morgan fingerprint density at radius 3 is 2.27 bits per heavy atom. The molecule has 0 aliphatic rings. The molecule has 0 bridgehead atoms. The maximum Gasteiger partial charge on any atom is 0.243 e. The van der Waals surface area contributed by atoms with Crippen molar-refractivity contribution in [2.75, 3.05) is 26.1 Å². The van der Waals surface area contributed by atoms with E-state index in [2.05, 4.69) is 35.1 Å². The van der Waals surface area contributed by atoms with Crippen LogP contribution < -0.4 is 14.2 Å². The lowest BCUT2D eigenvalue weighted by Gasteiger charge is -2.22. The minimum absolute atomic E-state index is 0.00215. The lowest BCUT2D eigenvalue weighted by atomic mass is 10.2. The Labute approximate surface area is 212 Å². The van der Waals surface area contributed by atoms with Gasteiger partial charge in [0.25, 0.3) is 0 Å². The molecule has 0 spiro atoms. The largest absolute Gasteiger partial charge is 0.494 e. The summed E-state index contributed by atoms with van der Waals surface area (Å²) in [6, 6.07) is 6.83. The summed E-state index contributed by atoms with van der Waals surface area (Å²) in [6.07, 6.45) is 0.761. The van der Waals surface area contributed by atoms with Crippen LogP contribution in [0.4, 0.5) is 10.3 Å². The Bertz CT molecular complexity index is 1470. The molecule has 3 heterocycles. The number of sulfonamides is 1. The number of para-hydroxylation sites is 1. The average molecular weight is 533 g/mol. The molecule has 196 valence electrons. The van der Waals surface area contributed by atoms with Gasteiger partial charge in [0.1, 0.15) is 34.2 Å². The molecule has 0 saturated heterocycles. The van der Waals surface area contributed by atoms with Gasteiger partial charge in [0.15, 0.2) is 17.5 Å². The monoisotopic (exact) mass is 532 g/mol. The highest BCUT2D eigenvalue weighted by Gasteiger charge is 2.35. The molecule has 4 rings (SSSR count). The van der Waals surface area contributed by atoms with Gasteiger partial charge >= 0.3 is 0 Å². The number of aromatic amines is 1. The molecule has 1 aromatic carbocycles. The maximum atomic E-state index is 13.5. The molecule has 2 atom stereocenters. The van der Waals surface area contributed by atoms with Crippen LogP contribution in [0.1, 0.15) is 24.5 Å². The zero-order valence-corrected chi connectivity index (χ0v) is 21.4. The summed E-state index contributed by atoms with van der Waals surface area (Å²) in [4.78, 5) is 7.73. The second-order valence-electron chi connectivity index (χ2n) is 7.90. The molecule has 15 heteroatoms. The van der Waals surface area contributed by atoms with Crippen LogP contribution in [0.25, 0.3) is 17.2 Å². The third-order valence-electron chi connectivity index (χ3n) is 5.52. The van der Waals surface area contributed by atoms with Gasteiger partial charge in [0.2, 0.25) is 16.0 Å². The van der Waals surface area contributed by atoms with E-state index in [9.17, 15) is 12.8 Å². The van der Waals surface area contributed by atoms with Gasteiger partial charge in [-0.15, -0.1) is 10.2 Å². The molecule has 0 saturated carbocycles. The van der Waals surface area contributed by atoms with Gasteiger partial charge in [-0.05, 0) is 32.0 Å². The molecule has 2 N–H and O–H groups in total. The first-order valence-corrected chi connectivity index (χ1v) is 12.5. The maximum absolute atomic E-state index is 13.5. The van der Waals surface area contributed by atoms with E-state index in [-0.39, 0.29) is 17.6 Å². The lowest BCUT2D eigenvalue weighted by molar-refractivity contribution is 0.0948. The first kappa shape index (κ1) is 26.0. The molecule has 37 heavy (non-hydrogen) atoms. The zero-order chi connectivity index (χ0) is 26.7. The van der Waals surface area contributed by atoms with E-state index in [1.54, 1.807) is 24.3 Å². The smallest absolute Gasteiger partial charge is 0.243 e. The van der Waals surface area contributed by atoms with Gasteiger partial charge in [-0.2, -0.15) is 5.10 Å². The van der Waals surface area contributed by atoms with Gasteiger partial charge in [-0.3, -0.25) is 14.4 Å². The van der Waals surface area contributed by atoms with Gasteiger partial charge in [-0.1, -0.05) is 6.07 Å². The molecule has 4 aromatic rings. The number of ether oxygens (including phenoxy) is 3. The van der Waals surface area contributed by atoms with Crippen molar-refractivity contribution in [3.05, 3.63) is 54.0 Å². The predicted molar refractivity (Wildman–Crippen MR) is 131 cm³/mol. The third-order valence-corrected chi connectivity index (χ3v) is 7.21. The second kappa shape index (κ2) is 10.5. The fourth-order valence-corrected chi connectivity index (χ4v) is 4.80. The second-order valence-corrected chi connectivity index (χ2v) is 9.94. The van der Waals surface area contributed by atoms with Crippen molar-refractivity contribution in [2.24, 2.45) is 0 Å². The van der Waals surface area contributed by atoms with Crippen LogP contribution >= 0.6 is 0 Å². The van der Waals surface area contributed by atoms with Crippen LogP contribution in [0.15, 0.2) is 36.7 Å². The number of aromatic nitrogens is 7. The van der Waals surface area contributed by atoms with E-state index in [0.717, 1.165) is 18.1 Å². The van der Waals surface area contributed by atoms with E-state index < -0.39 is 27.2 Å². The number of hydrogen-bond donors (Lipinski definition) is 2. The van der Waals surface area contributed by atoms with Gasteiger partial charge in [0.05, 0.1) is 26.6 Å². The summed E-state index contributed by atoms with van der Waals surface area (Å²) in [5.41, 5.74) is 1.52. The molecular weight excluding hydrogens is 507 g/mol. The normalized spacial score (nSPS) is 13.2. The molecule has 0 aliphatic heterocycles. The minimum atomic E-state index is -4.20. The predicted octanol–water partition coefficient (Wildman–Crippen LogP) is 2.43. The summed E-state index contributed by atoms with van der Waals surface area (Å²) in [5.74, 6) is 0.156. The van der Waals surface area contributed by atoms with E-state index in [4.69, 9.17) is 14.2 Å². The number of rotatable bonds is 10. The van der Waals surface area contributed by atoms with Crippen LogP contribution in [0.3, 0.4) is 0 Å². The highest BCUT2D eigenvalue weighted by Crippen LogP contribution is 2.37. The fourth-order valence-electron chi connectivity index (χ4n) is 3.67. The Morgan fingerprint density at radius 2 is 1.73 bits per heavy atom. The SMILES string of the molecule is COc1cccc(OC)c1-n1c(NS(=O)(=O)[C@@H](C)[C@H](OC)c2ncc(F)cn2)nnc1-c1cc(C)[nH]n1. The quantitative estimate of drug-likeness (QED) is 0.311. The summed E-state index contributed by atoms with van der Waals surface area (Å²) < 4.78 is 60.7. The molecule has 0 amide bonds. The van der Waals surface area contributed by atoms with E-state index in [1.807, 2.05) is 6.92 Å². The number of benzene rings is 1. The number of H-pyrrole nitrogens is 1. The topological polar surface area (TPSA) is 159 Å². The van der Waals surface area contributed by atoms with E-state index in [1.165, 1.54) is 32.8 Å². The Morgan fingerprint density at radius 1 is 1.08 bits per heavy atom. The van der Waals surface area contributed by atoms with Crippen LogP contribution in [0, 0.1) is 12.7 Å². The zero-order valence-electron chi connectivity index (χ0n) is 20.6. The number of anilines is 1. The van der Waals surface area contributed by atoms with Gasteiger partial charge in [-0.25, -0.2) is 22.8 Å². The molecule has 0 aliphatic carbocycles. The number of methoxy groups -OCH3 is 3. The van der Waals surface area contributed by atoms with E-state index >= 15 is 0 Å². The van der Waals surface area contributed by atoms with Crippen molar-refractivity contribution < 1.29 is 27.0 Å². The highest BCUT2D eigenvalue weighted by atomic mass is 32.2. The summed E-state index contributed by atoms with van der Waals surface area (Å²) in [5, 5.41) is 14.2. The lowest BCUT2D eigenvalue weighted by Crippen LogP contribution is -2.33. The van der Waals surface area contributed by atoms with Crippen molar-refractivity contribution >= 4 is 16.0 Å². The van der Waals surface area contributed by atoms with Crippen molar-refractivity contribution in [3.63, 3.8) is 0 Å². The third kappa shape index (κ3) is 5.08. The number of aryl methyl sites for hydroxylation is 1. The minimum Gasteiger partial charge on any atom is -0.494 e. The van der Waals surface area contributed by atoms with Crippen molar-refractivity contribution in [3.8, 4) is 28.7 Å². The summed E-state index contributed by atoms with van der Waals surface area (Å²) >= 11 is 0. The van der Waals surface area contributed by atoms with Crippen LogP contribution in [-0.4, -0.2) is 69.9 Å². The number of halogens is 1.